The topological polar surface area (TPSA) is 98.8 Å². The Morgan fingerprint density at radius 2 is 1.53 bits per heavy atom. The van der Waals surface area contributed by atoms with E-state index in [4.69, 9.17) is 0 Å². The van der Waals surface area contributed by atoms with Crippen molar-refractivity contribution in [3.63, 3.8) is 0 Å². The zero-order valence-corrected chi connectivity index (χ0v) is 23.7. The molecule has 2 N–H and O–H groups in total. The van der Waals surface area contributed by atoms with Gasteiger partial charge in [-0.1, -0.05) is 42.5 Å². The molecule has 8 nitrogen and oxygen atoms in total. The molecule has 3 aromatic rings. The Morgan fingerprint density at radius 1 is 0.837 bits per heavy atom. The number of fused-ring (bicyclic) bond motifs is 2. The largest absolute Gasteiger partial charge is 0.380 e. The lowest BCUT2D eigenvalue weighted by Crippen LogP contribution is -2.54. The van der Waals surface area contributed by atoms with Gasteiger partial charge in [0, 0.05) is 38.3 Å². The first-order valence-corrected chi connectivity index (χ1v) is 15.0. The molecule has 3 heterocycles. The summed E-state index contributed by atoms with van der Waals surface area (Å²) in [6.45, 7) is 3.55. The highest BCUT2D eigenvalue weighted by atomic mass is 19.1. The second kappa shape index (κ2) is 11.0. The van der Waals surface area contributed by atoms with E-state index in [2.05, 4.69) is 39.8 Å². The number of halogens is 1. The molecule has 4 aliphatic rings. The van der Waals surface area contributed by atoms with Crippen LogP contribution in [0.1, 0.15) is 69.0 Å². The average Bonchev–Trinajstić information content (AvgIpc) is 3.64. The van der Waals surface area contributed by atoms with Gasteiger partial charge in [-0.2, -0.15) is 0 Å². The van der Waals surface area contributed by atoms with Crippen LogP contribution in [0, 0.1) is 17.7 Å². The number of rotatable bonds is 7. The molecule has 0 aromatic heterocycles. The van der Waals surface area contributed by atoms with Gasteiger partial charge in [0.25, 0.3) is 11.8 Å². The minimum atomic E-state index is -0.989. The van der Waals surface area contributed by atoms with Gasteiger partial charge in [0.2, 0.25) is 11.8 Å². The van der Waals surface area contributed by atoms with Crippen molar-refractivity contribution < 1.29 is 23.6 Å². The van der Waals surface area contributed by atoms with Crippen molar-refractivity contribution in [1.29, 1.82) is 0 Å². The van der Waals surface area contributed by atoms with Gasteiger partial charge in [-0.05, 0) is 78.0 Å². The lowest BCUT2D eigenvalue weighted by Gasteiger charge is -2.27. The molecule has 0 spiro atoms. The lowest BCUT2D eigenvalue weighted by molar-refractivity contribution is -0.136. The molecule has 3 fully saturated rings. The minimum absolute atomic E-state index is 0.0851. The van der Waals surface area contributed by atoms with Crippen LogP contribution in [-0.2, 0) is 22.7 Å². The summed E-state index contributed by atoms with van der Waals surface area (Å²) in [5, 5.41) is 5.54. The molecule has 9 heteroatoms. The summed E-state index contributed by atoms with van der Waals surface area (Å²) in [4.78, 5) is 53.9. The number of anilines is 1. The Hall–Kier alpha value is -4.37. The van der Waals surface area contributed by atoms with E-state index in [1.807, 2.05) is 12.1 Å². The van der Waals surface area contributed by atoms with Crippen molar-refractivity contribution in [2.45, 2.75) is 50.7 Å². The molecule has 1 aliphatic carbocycles. The van der Waals surface area contributed by atoms with Crippen LogP contribution in [0.2, 0.25) is 0 Å². The second-order valence-corrected chi connectivity index (χ2v) is 12.3. The maximum Gasteiger partial charge on any atom is 0.264 e. The number of hydrogen-bond acceptors (Lipinski definition) is 6. The first-order valence-electron chi connectivity index (χ1n) is 15.0. The van der Waals surface area contributed by atoms with Crippen LogP contribution in [0.25, 0.3) is 0 Å². The van der Waals surface area contributed by atoms with E-state index in [1.54, 1.807) is 30.3 Å². The quantitative estimate of drug-likeness (QED) is 0.401. The van der Waals surface area contributed by atoms with Gasteiger partial charge < -0.3 is 5.32 Å². The zero-order chi connectivity index (χ0) is 29.7. The van der Waals surface area contributed by atoms with E-state index in [9.17, 15) is 23.6 Å². The molecule has 3 atom stereocenters. The highest BCUT2D eigenvalue weighted by Crippen LogP contribution is 2.46. The van der Waals surface area contributed by atoms with Crippen LogP contribution in [0.4, 0.5) is 10.1 Å². The van der Waals surface area contributed by atoms with Gasteiger partial charge in [0.15, 0.2) is 0 Å². The Morgan fingerprint density at radius 3 is 2.23 bits per heavy atom. The summed E-state index contributed by atoms with van der Waals surface area (Å²) in [5.74, 6) is -0.324. The monoisotopic (exact) mass is 580 g/mol. The maximum absolute atomic E-state index is 13.3. The molecule has 0 bridgehead atoms. The number of piperidine rings is 1. The molecular weight excluding hydrogens is 547 g/mol. The number of carbonyl (C=O) groups excluding carboxylic acids is 4. The summed E-state index contributed by atoms with van der Waals surface area (Å²) in [7, 11) is 0. The van der Waals surface area contributed by atoms with Crippen LogP contribution in [-0.4, -0.2) is 52.6 Å². The summed E-state index contributed by atoms with van der Waals surface area (Å²) in [5.41, 5.74) is 4.61. The Balaban J connectivity index is 0.948. The smallest absolute Gasteiger partial charge is 0.264 e. The molecule has 3 aromatic carbocycles. The van der Waals surface area contributed by atoms with Crippen LogP contribution < -0.4 is 10.6 Å². The Bertz CT molecular complexity index is 1590. The third-order valence-corrected chi connectivity index (χ3v) is 9.55. The van der Waals surface area contributed by atoms with E-state index in [1.165, 1.54) is 24.0 Å². The predicted molar refractivity (Wildman–Crippen MR) is 158 cm³/mol. The third-order valence-electron chi connectivity index (χ3n) is 9.55. The highest BCUT2D eigenvalue weighted by molar-refractivity contribution is 6.25. The second-order valence-electron chi connectivity index (χ2n) is 12.3. The first kappa shape index (κ1) is 27.5. The molecular formula is C34H33FN4O4. The SMILES string of the molecule is O=C1CCC(N2C(=O)c3cccc(NCc4ccc(CN5CC6CC(c7ccc(F)cc7)CC6C5)cc4)c3C2=O)C(=O)N1. The fourth-order valence-corrected chi connectivity index (χ4v) is 7.41. The van der Waals surface area contributed by atoms with Gasteiger partial charge in [-0.15, -0.1) is 0 Å². The summed E-state index contributed by atoms with van der Waals surface area (Å²) >= 11 is 0. The standard InChI is InChI=1S/C34H33FN4O4/c35-26-10-8-22(9-11-26)23-14-24-18-38(19-25(24)15-23)17-21-6-4-20(5-7-21)16-36-28-3-1-2-27-31(28)34(43)39(33(27)42)29-12-13-30(40)37-32(29)41/h1-11,23-25,29,36H,12-19H2,(H,37,40,41). The van der Waals surface area contributed by atoms with E-state index < -0.39 is 29.7 Å². The normalized spacial score (nSPS) is 25.2. The van der Waals surface area contributed by atoms with E-state index in [0.29, 0.717) is 30.0 Å². The van der Waals surface area contributed by atoms with Crippen LogP contribution >= 0.6 is 0 Å². The van der Waals surface area contributed by atoms with Gasteiger partial charge in [-0.25, -0.2) is 4.39 Å². The van der Waals surface area contributed by atoms with E-state index >= 15 is 0 Å². The minimum Gasteiger partial charge on any atom is -0.380 e. The van der Waals surface area contributed by atoms with Gasteiger partial charge in [0.1, 0.15) is 11.9 Å². The fourth-order valence-electron chi connectivity index (χ4n) is 7.41. The molecule has 3 aliphatic heterocycles. The number of likely N-dealkylation sites (tertiary alicyclic amines) is 1. The van der Waals surface area contributed by atoms with Crippen molar-refractivity contribution in [2.75, 3.05) is 18.4 Å². The maximum atomic E-state index is 13.3. The number of amides is 4. The fraction of sp³-hybridized carbons (Fsp3) is 0.353. The molecule has 3 unspecified atom stereocenters. The highest BCUT2D eigenvalue weighted by Gasteiger charge is 2.45. The van der Waals surface area contributed by atoms with Crippen LogP contribution in [0.3, 0.4) is 0 Å². The van der Waals surface area contributed by atoms with Crippen molar-refractivity contribution in [3.8, 4) is 0 Å². The van der Waals surface area contributed by atoms with Crippen molar-refractivity contribution >= 4 is 29.3 Å². The van der Waals surface area contributed by atoms with Gasteiger partial charge in [-0.3, -0.25) is 34.3 Å². The molecule has 220 valence electrons. The Labute approximate surface area is 249 Å². The lowest BCUT2D eigenvalue weighted by atomic mass is 9.96. The first-order chi connectivity index (χ1) is 20.8. The van der Waals surface area contributed by atoms with Crippen molar-refractivity contribution in [3.05, 3.63) is 100 Å². The molecule has 0 radical (unpaired) electrons. The van der Waals surface area contributed by atoms with Crippen LogP contribution in [0.15, 0.2) is 66.7 Å². The van der Waals surface area contributed by atoms with E-state index in [0.717, 1.165) is 30.1 Å². The molecule has 1 saturated carbocycles. The van der Waals surface area contributed by atoms with Gasteiger partial charge in [0.05, 0.1) is 11.1 Å². The summed E-state index contributed by atoms with van der Waals surface area (Å²) in [6, 6.07) is 19.5. The third kappa shape index (κ3) is 5.22. The van der Waals surface area contributed by atoms with Crippen LogP contribution in [0.5, 0.6) is 0 Å². The molecule has 4 amide bonds. The molecule has 43 heavy (non-hydrogen) atoms. The summed E-state index contributed by atoms with van der Waals surface area (Å²) < 4.78 is 13.3. The van der Waals surface area contributed by atoms with E-state index in [-0.39, 0.29) is 29.8 Å². The molecule has 7 rings (SSSR count). The number of nitrogens with zero attached hydrogens (tertiary/aromatic N) is 2. The summed E-state index contributed by atoms with van der Waals surface area (Å²) in [6.07, 6.45) is 2.54. The Kier molecular flexibility index (Phi) is 7.05. The number of carbonyl (C=O) groups is 4. The number of nitrogens with one attached hydrogen (secondary N) is 2. The number of imide groups is 2. The predicted octanol–water partition coefficient (Wildman–Crippen LogP) is 4.46. The average molecular weight is 581 g/mol. The van der Waals surface area contributed by atoms with Crippen molar-refractivity contribution in [1.82, 2.24) is 15.1 Å². The molecule has 2 saturated heterocycles. The number of hydrogen-bond donors (Lipinski definition) is 2. The number of benzene rings is 3. The van der Waals surface area contributed by atoms with Gasteiger partial charge >= 0.3 is 0 Å². The van der Waals surface area contributed by atoms with Crippen molar-refractivity contribution in [2.24, 2.45) is 11.8 Å². The zero-order valence-electron chi connectivity index (χ0n) is 23.7.